The van der Waals surface area contributed by atoms with Gasteiger partial charge in [-0.1, -0.05) is 51.0 Å². The molecule has 0 unspecified atom stereocenters. The van der Waals surface area contributed by atoms with E-state index in [0.29, 0.717) is 12.0 Å². The normalized spacial score (nSPS) is 11.5. The van der Waals surface area contributed by atoms with Gasteiger partial charge in [0.15, 0.2) is 15.6 Å². The van der Waals surface area contributed by atoms with Crippen LogP contribution in [-0.4, -0.2) is 25.7 Å². The first-order valence-corrected chi connectivity index (χ1v) is 8.63. The zero-order valence-electron chi connectivity index (χ0n) is 11.7. The second kappa shape index (κ2) is 7.43. The van der Waals surface area contributed by atoms with Crippen molar-refractivity contribution in [3.63, 3.8) is 0 Å². The highest BCUT2D eigenvalue weighted by molar-refractivity contribution is 7.92. The largest absolute Gasteiger partial charge is 0.293 e. The fourth-order valence-electron chi connectivity index (χ4n) is 1.87. The molecule has 0 aromatic heterocycles. The molecule has 1 aromatic carbocycles. The van der Waals surface area contributed by atoms with Gasteiger partial charge in [-0.2, -0.15) is 0 Å². The molecule has 0 heterocycles. The lowest BCUT2D eigenvalue weighted by Gasteiger charge is -2.04. The average Bonchev–Trinajstić information content (AvgIpc) is 2.37. The van der Waals surface area contributed by atoms with Crippen LogP contribution < -0.4 is 0 Å². The standard InChI is InChI=1S/C15H22O3S/c1-3-5-11-19(17,18)12-15(16)14-9-7-13(6-4-2)8-10-14/h7-10H,3-6,11-12H2,1-2H3. The molecule has 0 saturated heterocycles. The SMILES string of the molecule is CCCCS(=O)(=O)CC(=O)c1ccc(CCC)cc1. The number of carbonyl (C=O) groups is 1. The minimum Gasteiger partial charge on any atom is -0.293 e. The Balaban J connectivity index is 2.67. The van der Waals surface area contributed by atoms with Gasteiger partial charge in [0.25, 0.3) is 0 Å². The lowest BCUT2D eigenvalue weighted by atomic mass is 10.1. The van der Waals surface area contributed by atoms with Gasteiger partial charge in [-0.3, -0.25) is 4.79 Å². The van der Waals surface area contributed by atoms with Crippen molar-refractivity contribution in [1.29, 1.82) is 0 Å². The summed E-state index contributed by atoms with van der Waals surface area (Å²) in [5.41, 5.74) is 1.66. The second-order valence-electron chi connectivity index (χ2n) is 4.82. The second-order valence-corrected chi connectivity index (χ2v) is 7.00. The zero-order chi connectivity index (χ0) is 14.3. The summed E-state index contributed by atoms with van der Waals surface area (Å²) in [7, 11) is -3.26. The molecule has 3 nitrogen and oxygen atoms in total. The summed E-state index contributed by atoms with van der Waals surface area (Å²) in [6, 6.07) is 7.25. The van der Waals surface area contributed by atoms with Crippen LogP contribution >= 0.6 is 0 Å². The maximum absolute atomic E-state index is 11.9. The topological polar surface area (TPSA) is 51.2 Å². The minimum absolute atomic E-state index is 0.100. The van der Waals surface area contributed by atoms with E-state index in [4.69, 9.17) is 0 Å². The molecule has 0 aliphatic rings. The van der Waals surface area contributed by atoms with E-state index in [-0.39, 0.29) is 17.3 Å². The number of unbranched alkanes of at least 4 members (excludes halogenated alkanes) is 1. The number of Topliss-reactive ketones (excluding diaryl/α,β-unsaturated/α-hetero) is 1. The molecular weight excluding hydrogens is 260 g/mol. The van der Waals surface area contributed by atoms with Crippen LogP contribution in [0.3, 0.4) is 0 Å². The quantitative estimate of drug-likeness (QED) is 0.689. The molecule has 106 valence electrons. The summed E-state index contributed by atoms with van der Waals surface area (Å²) in [5.74, 6) is -0.581. The van der Waals surface area contributed by atoms with Crippen LogP contribution in [0.15, 0.2) is 24.3 Å². The van der Waals surface area contributed by atoms with Gasteiger partial charge in [0.05, 0.1) is 5.75 Å². The van der Waals surface area contributed by atoms with Crippen LogP contribution in [0.5, 0.6) is 0 Å². The van der Waals surface area contributed by atoms with Gasteiger partial charge in [-0.05, 0) is 18.4 Å². The molecule has 0 aliphatic carbocycles. The van der Waals surface area contributed by atoms with Crippen molar-refractivity contribution < 1.29 is 13.2 Å². The first-order valence-electron chi connectivity index (χ1n) is 6.81. The van der Waals surface area contributed by atoms with Crippen molar-refractivity contribution in [2.75, 3.05) is 11.5 Å². The van der Waals surface area contributed by atoms with Crippen LogP contribution in [0, 0.1) is 0 Å². The van der Waals surface area contributed by atoms with Crippen molar-refractivity contribution >= 4 is 15.6 Å². The van der Waals surface area contributed by atoms with Crippen molar-refractivity contribution in [2.24, 2.45) is 0 Å². The lowest BCUT2D eigenvalue weighted by Crippen LogP contribution is -2.19. The Labute approximate surface area is 116 Å². The number of benzene rings is 1. The fourth-order valence-corrected chi connectivity index (χ4v) is 3.30. The molecule has 0 spiro atoms. The van der Waals surface area contributed by atoms with E-state index >= 15 is 0 Å². The maximum Gasteiger partial charge on any atom is 0.177 e. The third-order valence-corrected chi connectivity index (χ3v) is 4.59. The van der Waals surface area contributed by atoms with E-state index in [1.807, 2.05) is 19.1 Å². The number of hydrogen-bond acceptors (Lipinski definition) is 3. The average molecular weight is 282 g/mol. The van der Waals surface area contributed by atoms with Gasteiger partial charge in [-0.25, -0.2) is 8.42 Å². The zero-order valence-corrected chi connectivity index (χ0v) is 12.5. The molecule has 0 atom stereocenters. The number of aryl methyl sites for hydroxylation is 1. The Hall–Kier alpha value is -1.16. The Morgan fingerprint density at radius 3 is 2.21 bits per heavy atom. The Kier molecular flexibility index (Phi) is 6.22. The van der Waals surface area contributed by atoms with Crippen molar-refractivity contribution in [1.82, 2.24) is 0 Å². The number of rotatable bonds is 8. The molecule has 19 heavy (non-hydrogen) atoms. The molecule has 0 N–H and O–H groups in total. The van der Waals surface area contributed by atoms with Crippen molar-refractivity contribution in [3.05, 3.63) is 35.4 Å². The van der Waals surface area contributed by atoms with Gasteiger partial charge in [0.1, 0.15) is 5.75 Å². The number of carbonyl (C=O) groups excluding carboxylic acids is 1. The van der Waals surface area contributed by atoms with Crippen molar-refractivity contribution in [3.8, 4) is 0 Å². The van der Waals surface area contributed by atoms with E-state index in [1.165, 1.54) is 5.56 Å². The first-order chi connectivity index (χ1) is 8.98. The van der Waals surface area contributed by atoms with Gasteiger partial charge >= 0.3 is 0 Å². The van der Waals surface area contributed by atoms with Crippen molar-refractivity contribution in [2.45, 2.75) is 39.5 Å². The van der Waals surface area contributed by atoms with E-state index in [1.54, 1.807) is 12.1 Å². The van der Waals surface area contributed by atoms with Gasteiger partial charge in [0, 0.05) is 5.56 Å². The highest BCUT2D eigenvalue weighted by Crippen LogP contribution is 2.09. The Bertz CT molecular complexity index is 501. The third-order valence-electron chi connectivity index (χ3n) is 2.97. The molecule has 0 amide bonds. The monoisotopic (exact) mass is 282 g/mol. The summed E-state index contributed by atoms with van der Waals surface area (Å²) < 4.78 is 23.4. The summed E-state index contributed by atoms with van der Waals surface area (Å²) in [5, 5.41) is 0. The molecule has 0 radical (unpaired) electrons. The van der Waals surface area contributed by atoms with Gasteiger partial charge in [0.2, 0.25) is 0 Å². The predicted molar refractivity (Wildman–Crippen MR) is 78.3 cm³/mol. The molecule has 0 saturated carbocycles. The molecule has 0 fully saturated rings. The smallest absolute Gasteiger partial charge is 0.177 e. The maximum atomic E-state index is 11.9. The number of ketones is 1. The van der Waals surface area contributed by atoms with Crippen LogP contribution in [0.25, 0.3) is 0 Å². The molecule has 4 heteroatoms. The third kappa shape index (κ3) is 5.55. The van der Waals surface area contributed by atoms with Crippen LogP contribution in [-0.2, 0) is 16.3 Å². The molecular formula is C15H22O3S. The summed E-state index contributed by atoms with van der Waals surface area (Å²) >= 11 is 0. The first kappa shape index (κ1) is 15.9. The number of hydrogen-bond donors (Lipinski definition) is 0. The fraction of sp³-hybridized carbons (Fsp3) is 0.533. The van der Waals surface area contributed by atoms with Gasteiger partial charge in [-0.15, -0.1) is 0 Å². The van der Waals surface area contributed by atoms with Gasteiger partial charge < -0.3 is 0 Å². The van der Waals surface area contributed by atoms with E-state index in [9.17, 15) is 13.2 Å². The van der Waals surface area contributed by atoms with Crippen LogP contribution in [0.1, 0.15) is 49.0 Å². The van der Waals surface area contributed by atoms with E-state index in [2.05, 4.69) is 6.92 Å². The lowest BCUT2D eigenvalue weighted by molar-refractivity contribution is 0.102. The molecule has 1 rings (SSSR count). The highest BCUT2D eigenvalue weighted by Gasteiger charge is 2.17. The molecule has 0 bridgehead atoms. The summed E-state index contributed by atoms with van der Waals surface area (Å²) in [6.45, 7) is 4.03. The Morgan fingerprint density at radius 2 is 1.68 bits per heavy atom. The van der Waals surface area contributed by atoms with Crippen LogP contribution in [0.2, 0.25) is 0 Å². The van der Waals surface area contributed by atoms with E-state index < -0.39 is 9.84 Å². The van der Waals surface area contributed by atoms with Crippen LogP contribution in [0.4, 0.5) is 0 Å². The summed E-state index contributed by atoms with van der Waals surface area (Å²) in [6.07, 6.45) is 3.46. The summed E-state index contributed by atoms with van der Waals surface area (Å²) in [4.78, 5) is 11.9. The molecule has 1 aromatic rings. The van der Waals surface area contributed by atoms with E-state index in [0.717, 1.165) is 19.3 Å². The predicted octanol–water partition coefficient (Wildman–Crippen LogP) is 3.04. The Morgan fingerprint density at radius 1 is 1.05 bits per heavy atom. The number of sulfone groups is 1. The highest BCUT2D eigenvalue weighted by atomic mass is 32.2. The molecule has 0 aliphatic heterocycles. The minimum atomic E-state index is -3.26.